The van der Waals surface area contributed by atoms with E-state index < -0.39 is 15.6 Å². The molecule has 0 aliphatic rings. The summed E-state index contributed by atoms with van der Waals surface area (Å²) >= 11 is 2.33. The van der Waals surface area contributed by atoms with Gasteiger partial charge in [-0.2, -0.15) is 13.2 Å². The van der Waals surface area contributed by atoms with Gasteiger partial charge in [-0.15, -0.1) is 0 Å². The molecule has 20 heavy (non-hydrogen) atoms. The van der Waals surface area contributed by atoms with Gasteiger partial charge in [0.25, 0.3) is 0 Å². The van der Waals surface area contributed by atoms with Crippen molar-refractivity contribution in [3.05, 3.63) is 33.4 Å². The first kappa shape index (κ1) is 19.6. The zero-order valence-electron chi connectivity index (χ0n) is 11.1. The van der Waals surface area contributed by atoms with Crippen LogP contribution in [0.2, 0.25) is 0 Å². The lowest BCUT2D eigenvalue weighted by atomic mass is 10.2. The molecule has 1 aromatic carbocycles. The van der Waals surface area contributed by atoms with E-state index in [0.29, 0.717) is 0 Å². The Bertz CT molecular complexity index is 521. The van der Waals surface area contributed by atoms with Crippen molar-refractivity contribution < 1.29 is 30.6 Å². The molecule has 0 bridgehead atoms. The van der Waals surface area contributed by atoms with E-state index in [-0.39, 0.29) is 0 Å². The number of benzene rings is 1. The van der Waals surface area contributed by atoms with Crippen LogP contribution < -0.4 is 0 Å². The average Bonchev–Trinajstić information content (AvgIpc) is 2.17. The lowest BCUT2D eigenvalue weighted by Crippen LogP contribution is -2.33. The topological polar surface area (TPSA) is 57.2 Å². The summed E-state index contributed by atoms with van der Waals surface area (Å²) in [5, 5.41) is 0. The molecule has 0 atom stereocenters. The molecule has 116 valence electrons. The van der Waals surface area contributed by atoms with Crippen molar-refractivity contribution in [1.29, 1.82) is 0 Å². The Balaban J connectivity index is 0.000000396. The van der Waals surface area contributed by atoms with E-state index >= 15 is 0 Å². The lowest BCUT2D eigenvalue weighted by Gasteiger charge is -2.23. The number of rotatable bonds is 2. The fourth-order valence-corrected chi connectivity index (χ4v) is 1.50. The van der Waals surface area contributed by atoms with E-state index in [4.69, 9.17) is 13.0 Å². The quantitative estimate of drug-likeness (QED) is 0.317. The predicted molar refractivity (Wildman–Crippen MR) is 76.6 cm³/mol. The maximum absolute atomic E-state index is 10.7. The van der Waals surface area contributed by atoms with Crippen LogP contribution in [-0.2, 0) is 16.7 Å². The molecule has 0 aliphatic carbocycles. The Labute approximate surface area is 130 Å². The van der Waals surface area contributed by atoms with Crippen molar-refractivity contribution in [2.75, 3.05) is 21.1 Å². The van der Waals surface area contributed by atoms with Gasteiger partial charge < -0.3 is 9.04 Å². The zero-order valence-corrected chi connectivity index (χ0v) is 14.1. The summed E-state index contributed by atoms with van der Waals surface area (Å²) in [4.78, 5) is 0. The Morgan fingerprint density at radius 1 is 1.15 bits per heavy atom. The van der Waals surface area contributed by atoms with E-state index in [9.17, 15) is 13.2 Å². The number of hydrogen-bond acceptors (Lipinski definition) is 3. The molecule has 1 rings (SSSR count). The molecular formula is C11H15F3INO3S. The number of halogens is 4. The molecule has 4 nitrogen and oxygen atoms in total. The minimum absolute atomic E-state index is 0.987. The second-order valence-electron chi connectivity index (χ2n) is 4.97. The van der Waals surface area contributed by atoms with Gasteiger partial charge in [0.05, 0.1) is 21.1 Å². The van der Waals surface area contributed by atoms with Gasteiger partial charge in [0.1, 0.15) is 6.54 Å². The highest BCUT2D eigenvalue weighted by Crippen LogP contribution is 2.20. The molecule has 0 heterocycles. The predicted octanol–water partition coefficient (Wildman–Crippen LogP) is 2.55. The van der Waals surface area contributed by atoms with Gasteiger partial charge in [0.15, 0.2) is 10.1 Å². The third kappa shape index (κ3) is 8.72. The molecule has 0 N–H and O–H groups in total. The first-order valence-electron chi connectivity index (χ1n) is 5.29. The third-order valence-electron chi connectivity index (χ3n) is 1.85. The SMILES string of the molecule is C[N+](C)(C)Cc1ccc(I)cc1.O=S(=O)([O-])C(F)(F)F. The fourth-order valence-electron chi connectivity index (χ4n) is 1.14. The van der Waals surface area contributed by atoms with Gasteiger partial charge in [-0.3, -0.25) is 0 Å². The zero-order chi connectivity index (χ0) is 16.2. The molecule has 0 radical (unpaired) electrons. The first-order valence-corrected chi connectivity index (χ1v) is 7.78. The van der Waals surface area contributed by atoms with Crippen LogP contribution in [0.3, 0.4) is 0 Å². The minimum atomic E-state index is -6.09. The van der Waals surface area contributed by atoms with Crippen molar-refractivity contribution in [3.63, 3.8) is 0 Å². The Morgan fingerprint density at radius 3 is 1.75 bits per heavy atom. The van der Waals surface area contributed by atoms with E-state index in [2.05, 4.69) is 68.0 Å². The standard InChI is InChI=1S/C10H15IN.CHF3O3S/c1-12(2,3)8-9-4-6-10(11)7-5-9;2-1(3,4)8(5,6)7/h4-7H,8H2,1-3H3;(H,5,6,7)/q+1;/p-1. The van der Waals surface area contributed by atoms with Crippen LogP contribution >= 0.6 is 22.6 Å². The highest BCUT2D eigenvalue weighted by Gasteiger charge is 2.36. The largest absolute Gasteiger partial charge is 0.741 e. The maximum atomic E-state index is 10.7. The summed E-state index contributed by atoms with van der Waals surface area (Å²) in [5.41, 5.74) is -4.24. The van der Waals surface area contributed by atoms with Crippen LogP contribution in [-0.4, -0.2) is 44.1 Å². The summed E-state index contributed by atoms with van der Waals surface area (Å²) in [7, 11) is 0.529. The summed E-state index contributed by atoms with van der Waals surface area (Å²) in [6.07, 6.45) is 0. The summed E-state index contributed by atoms with van der Waals surface area (Å²) in [6.45, 7) is 1.09. The van der Waals surface area contributed by atoms with Gasteiger partial charge in [-0.05, 0) is 34.7 Å². The monoisotopic (exact) mass is 425 g/mol. The van der Waals surface area contributed by atoms with Crippen LogP contribution in [0.15, 0.2) is 24.3 Å². The summed E-state index contributed by atoms with van der Waals surface area (Å²) in [5.74, 6) is 0. The molecule has 9 heteroatoms. The van der Waals surface area contributed by atoms with Crippen LogP contribution in [0.1, 0.15) is 5.56 Å². The van der Waals surface area contributed by atoms with E-state index in [0.717, 1.165) is 11.0 Å². The van der Waals surface area contributed by atoms with Crippen molar-refractivity contribution in [2.45, 2.75) is 12.1 Å². The molecule has 0 fully saturated rings. The second kappa shape index (κ2) is 7.05. The van der Waals surface area contributed by atoms with Crippen LogP contribution in [0.5, 0.6) is 0 Å². The molecule has 0 amide bonds. The van der Waals surface area contributed by atoms with Crippen molar-refractivity contribution in [3.8, 4) is 0 Å². The smallest absolute Gasteiger partial charge is 0.485 e. The summed E-state index contributed by atoms with van der Waals surface area (Å²) < 4.78 is 61.2. The summed E-state index contributed by atoms with van der Waals surface area (Å²) in [6, 6.07) is 8.72. The third-order valence-corrected chi connectivity index (χ3v) is 3.14. The van der Waals surface area contributed by atoms with Gasteiger partial charge in [-0.1, -0.05) is 12.1 Å². The normalized spacial score (nSPS) is 12.6. The number of hydrogen-bond donors (Lipinski definition) is 0. The van der Waals surface area contributed by atoms with E-state index in [1.54, 1.807) is 0 Å². The highest BCUT2D eigenvalue weighted by molar-refractivity contribution is 14.1. The number of quaternary nitrogens is 1. The van der Waals surface area contributed by atoms with E-state index in [1.807, 2.05) is 0 Å². The molecule has 0 unspecified atom stereocenters. The Hall–Kier alpha value is -0.390. The van der Waals surface area contributed by atoms with Crippen molar-refractivity contribution >= 4 is 32.7 Å². The molecular weight excluding hydrogens is 410 g/mol. The molecule has 0 saturated carbocycles. The van der Waals surface area contributed by atoms with Crippen LogP contribution in [0, 0.1) is 3.57 Å². The second-order valence-corrected chi connectivity index (χ2v) is 7.59. The van der Waals surface area contributed by atoms with Crippen LogP contribution in [0.4, 0.5) is 13.2 Å². The molecule has 1 aromatic rings. The molecule has 0 aromatic heterocycles. The first-order chi connectivity index (χ1) is 8.72. The van der Waals surface area contributed by atoms with Crippen LogP contribution in [0.25, 0.3) is 0 Å². The molecule has 0 saturated heterocycles. The van der Waals surface area contributed by atoms with E-state index in [1.165, 1.54) is 9.13 Å². The molecule has 0 spiro atoms. The maximum Gasteiger partial charge on any atom is 0.485 e. The van der Waals surface area contributed by atoms with Gasteiger partial charge >= 0.3 is 5.51 Å². The highest BCUT2D eigenvalue weighted by atomic mass is 127. The number of nitrogens with zero attached hydrogens (tertiary/aromatic N) is 1. The number of alkyl halides is 3. The van der Waals surface area contributed by atoms with Gasteiger partial charge in [0, 0.05) is 9.13 Å². The Kier molecular flexibility index (Phi) is 6.91. The lowest BCUT2D eigenvalue weighted by molar-refractivity contribution is -0.884. The Morgan fingerprint density at radius 2 is 1.50 bits per heavy atom. The fraction of sp³-hybridized carbons (Fsp3) is 0.455. The van der Waals surface area contributed by atoms with Crippen molar-refractivity contribution in [1.82, 2.24) is 0 Å². The van der Waals surface area contributed by atoms with Crippen molar-refractivity contribution in [2.24, 2.45) is 0 Å². The molecule has 0 aliphatic heterocycles. The average molecular weight is 425 g/mol. The van der Waals surface area contributed by atoms with Gasteiger partial charge in [0.2, 0.25) is 0 Å². The van der Waals surface area contributed by atoms with Gasteiger partial charge in [-0.25, -0.2) is 8.42 Å². The minimum Gasteiger partial charge on any atom is -0.741 e.